The van der Waals surface area contributed by atoms with Gasteiger partial charge in [0.25, 0.3) is 0 Å². The molecule has 2 atom stereocenters. The van der Waals surface area contributed by atoms with Crippen molar-refractivity contribution in [1.29, 1.82) is 0 Å². The number of rotatable bonds is 6. The second-order valence-corrected chi connectivity index (χ2v) is 6.96. The summed E-state index contributed by atoms with van der Waals surface area (Å²) in [5.41, 5.74) is 11.2. The number of amides is 1. The molecule has 0 aliphatic carbocycles. The van der Waals surface area contributed by atoms with E-state index in [1.54, 1.807) is 0 Å². The minimum Gasteiger partial charge on any atom is -0.348 e. The summed E-state index contributed by atoms with van der Waals surface area (Å²) < 4.78 is 1.91. The lowest BCUT2D eigenvalue weighted by Crippen LogP contribution is -2.42. The van der Waals surface area contributed by atoms with Crippen LogP contribution < -0.4 is 11.1 Å². The number of aryl methyl sites for hydroxylation is 2. The zero-order chi connectivity index (χ0) is 19.4. The van der Waals surface area contributed by atoms with Crippen LogP contribution in [-0.2, 0) is 11.2 Å². The smallest absolute Gasteiger partial charge is 0.237 e. The van der Waals surface area contributed by atoms with Crippen molar-refractivity contribution < 1.29 is 4.79 Å². The fourth-order valence-corrected chi connectivity index (χ4v) is 3.16. The van der Waals surface area contributed by atoms with Gasteiger partial charge in [-0.3, -0.25) is 4.79 Å². The molecule has 0 bridgehead atoms. The van der Waals surface area contributed by atoms with Crippen molar-refractivity contribution in [1.82, 2.24) is 15.1 Å². The number of benzene rings is 2. The van der Waals surface area contributed by atoms with Crippen molar-refractivity contribution in [2.75, 3.05) is 0 Å². The molecule has 0 fully saturated rings. The van der Waals surface area contributed by atoms with E-state index in [0.29, 0.717) is 6.42 Å². The van der Waals surface area contributed by atoms with Gasteiger partial charge in [-0.2, -0.15) is 5.10 Å². The van der Waals surface area contributed by atoms with Crippen molar-refractivity contribution in [3.63, 3.8) is 0 Å². The van der Waals surface area contributed by atoms with Crippen LogP contribution in [0.3, 0.4) is 0 Å². The molecule has 1 heterocycles. The number of halogens is 2. The van der Waals surface area contributed by atoms with Crippen LogP contribution in [0.2, 0.25) is 0 Å². The lowest BCUT2D eigenvalue weighted by atomic mass is 10.0. The maximum Gasteiger partial charge on any atom is 0.237 e. The van der Waals surface area contributed by atoms with Gasteiger partial charge in [-0.25, -0.2) is 4.68 Å². The Labute approximate surface area is 184 Å². The van der Waals surface area contributed by atoms with E-state index >= 15 is 0 Å². The molecule has 1 aromatic heterocycles. The standard InChI is InChI=1S/C22H26N4O.2ClH/c1-15-13-16(2)26(25-15)20-11-9-19(10-12-20)17(3)24-22(27)21(23)14-18-7-5-4-6-8-18;;/h4-13,17,21H,14,23H2,1-3H3,(H,24,27);2*1H. The van der Waals surface area contributed by atoms with Gasteiger partial charge < -0.3 is 11.1 Å². The van der Waals surface area contributed by atoms with E-state index in [1.165, 1.54) is 0 Å². The molecule has 0 aliphatic rings. The van der Waals surface area contributed by atoms with Gasteiger partial charge in [0.1, 0.15) is 0 Å². The molecule has 2 unspecified atom stereocenters. The van der Waals surface area contributed by atoms with Gasteiger partial charge in [-0.1, -0.05) is 42.5 Å². The third-order valence-corrected chi connectivity index (χ3v) is 4.64. The third-order valence-electron chi connectivity index (χ3n) is 4.64. The van der Waals surface area contributed by atoms with Gasteiger partial charge in [0.05, 0.1) is 23.5 Å². The van der Waals surface area contributed by atoms with Crippen LogP contribution in [0.15, 0.2) is 60.7 Å². The van der Waals surface area contributed by atoms with Gasteiger partial charge in [-0.15, -0.1) is 24.8 Å². The molecule has 5 nitrogen and oxygen atoms in total. The minimum absolute atomic E-state index is 0. The SMILES string of the molecule is Cc1cc(C)n(-c2ccc(C(C)NC(=O)C(N)Cc3ccccc3)cc2)n1.Cl.Cl. The van der Waals surface area contributed by atoms with Crippen LogP contribution in [0.4, 0.5) is 0 Å². The van der Waals surface area contributed by atoms with Crippen molar-refractivity contribution in [2.45, 2.75) is 39.3 Å². The molecular weight excluding hydrogens is 407 g/mol. The van der Waals surface area contributed by atoms with Gasteiger partial charge in [0, 0.05) is 5.69 Å². The Bertz CT molecular complexity index is 910. The highest BCUT2D eigenvalue weighted by Crippen LogP contribution is 2.17. The first kappa shape index (κ1) is 24.7. The van der Waals surface area contributed by atoms with Crippen LogP contribution in [0.1, 0.15) is 35.5 Å². The summed E-state index contributed by atoms with van der Waals surface area (Å²) in [6, 6.07) is 19.2. The number of hydrogen-bond donors (Lipinski definition) is 2. The Morgan fingerprint density at radius 3 is 2.24 bits per heavy atom. The van der Waals surface area contributed by atoms with E-state index in [4.69, 9.17) is 5.73 Å². The molecule has 0 aliphatic heterocycles. The van der Waals surface area contributed by atoms with Crippen LogP contribution >= 0.6 is 24.8 Å². The van der Waals surface area contributed by atoms with Crippen molar-refractivity contribution in [3.05, 3.63) is 83.2 Å². The topological polar surface area (TPSA) is 72.9 Å². The molecule has 156 valence electrons. The van der Waals surface area contributed by atoms with Gasteiger partial charge >= 0.3 is 0 Å². The maximum atomic E-state index is 12.4. The number of carbonyl (C=O) groups excluding carboxylic acids is 1. The van der Waals surface area contributed by atoms with E-state index in [9.17, 15) is 4.79 Å². The average molecular weight is 435 g/mol. The molecule has 3 aromatic rings. The fourth-order valence-electron chi connectivity index (χ4n) is 3.16. The van der Waals surface area contributed by atoms with Crippen LogP contribution in [-0.4, -0.2) is 21.7 Å². The lowest BCUT2D eigenvalue weighted by molar-refractivity contribution is -0.123. The van der Waals surface area contributed by atoms with Crippen LogP contribution in [0.5, 0.6) is 0 Å². The lowest BCUT2D eigenvalue weighted by Gasteiger charge is -2.18. The first-order valence-corrected chi connectivity index (χ1v) is 9.17. The highest BCUT2D eigenvalue weighted by molar-refractivity contribution is 5.85. The van der Waals surface area contributed by atoms with Gasteiger partial charge in [-0.05, 0) is 56.5 Å². The molecule has 3 rings (SSSR count). The van der Waals surface area contributed by atoms with E-state index in [1.807, 2.05) is 86.1 Å². The molecule has 0 radical (unpaired) electrons. The summed E-state index contributed by atoms with van der Waals surface area (Å²) in [6.07, 6.45) is 0.524. The second kappa shape index (κ2) is 11.0. The van der Waals surface area contributed by atoms with E-state index in [2.05, 4.69) is 10.4 Å². The molecule has 0 spiro atoms. The van der Waals surface area contributed by atoms with Gasteiger partial charge in [0.2, 0.25) is 5.91 Å². The summed E-state index contributed by atoms with van der Waals surface area (Å²) in [4.78, 5) is 12.4. The Balaban J connectivity index is 0.00000210. The Hall–Kier alpha value is -2.34. The van der Waals surface area contributed by atoms with Crippen molar-refractivity contribution >= 4 is 30.7 Å². The van der Waals surface area contributed by atoms with Crippen LogP contribution in [0.25, 0.3) is 5.69 Å². The largest absolute Gasteiger partial charge is 0.348 e. The van der Waals surface area contributed by atoms with E-state index < -0.39 is 6.04 Å². The predicted octanol–water partition coefficient (Wildman–Crippen LogP) is 4.08. The summed E-state index contributed by atoms with van der Waals surface area (Å²) in [6.45, 7) is 5.98. The highest BCUT2D eigenvalue weighted by atomic mass is 35.5. The first-order valence-electron chi connectivity index (χ1n) is 9.17. The van der Waals surface area contributed by atoms with Gasteiger partial charge in [0.15, 0.2) is 0 Å². The normalized spacial score (nSPS) is 12.3. The quantitative estimate of drug-likeness (QED) is 0.613. The maximum absolute atomic E-state index is 12.4. The number of nitrogens with two attached hydrogens (primary N) is 1. The minimum atomic E-state index is -0.566. The molecule has 3 N–H and O–H groups in total. The molecular formula is C22H28Cl2N4O. The van der Waals surface area contributed by atoms with E-state index in [0.717, 1.165) is 28.2 Å². The summed E-state index contributed by atoms with van der Waals surface area (Å²) in [5, 5.41) is 7.50. The summed E-state index contributed by atoms with van der Waals surface area (Å²) in [5.74, 6) is -0.144. The zero-order valence-electron chi connectivity index (χ0n) is 16.8. The molecule has 7 heteroatoms. The molecule has 0 saturated carbocycles. The number of nitrogens with one attached hydrogen (secondary N) is 1. The Morgan fingerprint density at radius 2 is 1.69 bits per heavy atom. The summed E-state index contributed by atoms with van der Waals surface area (Å²) >= 11 is 0. The molecule has 2 aromatic carbocycles. The first-order chi connectivity index (χ1) is 12.9. The Morgan fingerprint density at radius 1 is 1.07 bits per heavy atom. The number of hydrogen-bond acceptors (Lipinski definition) is 3. The highest BCUT2D eigenvalue weighted by Gasteiger charge is 2.17. The second-order valence-electron chi connectivity index (χ2n) is 6.96. The molecule has 0 saturated heterocycles. The zero-order valence-corrected chi connectivity index (χ0v) is 18.5. The van der Waals surface area contributed by atoms with E-state index in [-0.39, 0.29) is 36.8 Å². The van der Waals surface area contributed by atoms with Crippen LogP contribution in [0, 0.1) is 13.8 Å². The number of aromatic nitrogens is 2. The van der Waals surface area contributed by atoms with Crippen molar-refractivity contribution in [3.8, 4) is 5.69 Å². The van der Waals surface area contributed by atoms with Crippen molar-refractivity contribution in [2.24, 2.45) is 5.73 Å². The Kier molecular flexibility index (Phi) is 9.37. The average Bonchev–Trinajstić information content (AvgIpc) is 3.00. The molecule has 29 heavy (non-hydrogen) atoms. The summed E-state index contributed by atoms with van der Waals surface area (Å²) in [7, 11) is 0. The number of carbonyl (C=O) groups is 1. The fraction of sp³-hybridized carbons (Fsp3) is 0.273. The molecule has 1 amide bonds. The third kappa shape index (κ3) is 6.32. The number of nitrogens with zero attached hydrogens (tertiary/aromatic N) is 2. The monoisotopic (exact) mass is 434 g/mol. The predicted molar refractivity (Wildman–Crippen MR) is 122 cm³/mol.